The molecule has 1 fully saturated rings. The van der Waals surface area contributed by atoms with Crippen LogP contribution in [0.15, 0.2) is 18.2 Å². The Morgan fingerprint density at radius 3 is 2.36 bits per heavy atom. The molecule has 22 heavy (non-hydrogen) atoms. The molecule has 124 valence electrons. The third kappa shape index (κ3) is 3.79. The van der Waals surface area contributed by atoms with Crippen molar-refractivity contribution in [1.82, 2.24) is 4.90 Å². The molecule has 2 nitrogen and oxygen atoms in total. The van der Waals surface area contributed by atoms with Crippen molar-refractivity contribution in [1.29, 1.82) is 0 Å². The third-order valence-corrected chi connectivity index (χ3v) is 4.44. The summed E-state index contributed by atoms with van der Waals surface area (Å²) < 4.78 is 57.6. The number of hydrogen-bond donors (Lipinski definition) is 0. The Hall–Kier alpha value is -1.14. The molecule has 0 aromatic heterocycles. The van der Waals surface area contributed by atoms with E-state index >= 15 is 0 Å². The number of alkyl halides is 3. The van der Waals surface area contributed by atoms with Crippen molar-refractivity contribution in [2.24, 2.45) is 0 Å². The lowest BCUT2D eigenvalue weighted by molar-refractivity contribution is -0.137. The Balaban J connectivity index is 2.27. The summed E-state index contributed by atoms with van der Waals surface area (Å²) in [7, 11) is 5.49. The van der Waals surface area contributed by atoms with Crippen LogP contribution in [-0.4, -0.2) is 38.3 Å². The molecule has 6 heteroatoms. The van der Waals surface area contributed by atoms with Crippen LogP contribution in [0.4, 0.5) is 17.6 Å². The molecule has 1 aromatic rings. The van der Waals surface area contributed by atoms with Crippen molar-refractivity contribution in [3.8, 4) is 0 Å². The standard InChI is InChI=1S/C16H21F4NO/c1-21(2)14-8-10(4-5-15(14)22-3)11-6-12(16(18,19)20)9-13(17)7-11/h6-7,9-10,14-15H,4-5,8H2,1-3H3/t10-,14-,15-/m0/s1. The second-order valence-corrected chi connectivity index (χ2v) is 6.09. The highest BCUT2D eigenvalue weighted by Gasteiger charge is 2.35. The minimum absolute atomic E-state index is 0.0573. The first-order chi connectivity index (χ1) is 10.2. The molecule has 0 spiro atoms. The third-order valence-electron chi connectivity index (χ3n) is 4.44. The molecule has 3 atom stereocenters. The van der Waals surface area contributed by atoms with Gasteiger partial charge in [-0.15, -0.1) is 0 Å². The minimum atomic E-state index is -4.53. The van der Waals surface area contributed by atoms with Gasteiger partial charge in [0, 0.05) is 13.2 Å². The van der Waals surface area contributed by atoms with Crippen molar-refractivity contribution in [3.05, 3.63) is 35.1 Å². The average Bonchev–Trinajstić information content (AvgIpc) is 2.45. The molecule has 1 aliphatic rings. The highest BCUT2D eigenvalue weighted by Crippen LogP contribution is 2.38. The lowest BCUT2D eigenvalue weighted by Crippen LogP contribution is -2.44. The first kappa shape index (κ1) is 17.2. The van der Waals surface area contributed by atoms with E-state index in [1.807, 2.05) is 19.0 Å². The number of likely N-dealkylation sites (N-methyl/N-ethyl adjacent to an activating group) is 1. The average molecular weight is 319 g/mol. The zero-order valence-corrected chi connectivity index (χ0v) is 13.0. The van der Waals surface area contributed by atoms with Gasteiger partial charge >= 0.3 is 6.18 Å². The van der Waals surface area contributed by atoms with E-state index in [1.54, 1.807) is 7.11 Å². The summed E-state index contributed by atoms with van der Waals surface area (Å²) in [6.07, 6.45) is -2.36. The van der Waals surface area contributed by atoms with Crippen molar-refractivity contribution in [2.75, 3.05) is 21.2 Å². The highest BCUT2D eigenvalue weighted by molar-refractivity contribution is 5.30. The second-order valence-electron chi connectivity index (χ2n) is 6.09. The van der Waals surface area contributed by atoms with Crippen molar-refractivity contribution in [2.45, 2.75) is 43.5 Å². The predicted molar refractivity (Wildman–Crippen MR) is 76.3 cm³/mol. The number of halogens is 4. The van der Waals surface area contributed by atoms with Gasteiger partial charge in [0.1, 0.15) is 5.82 Å². The van der Waals surface area contributed by atoms with Gasteiger partial charge in [-0.3, -0.25) is 0 Å². The van der Waals surface area contributed by atoms with Gasteiger partial charge in [0.15, 0.2) is 0 Å². The van der Waals surface area contributed by atoms with Gasteiger partial charge < -0.3 is 9.64 Å². The van der Waals surface area contributed by atoms with Gasteiger partial charge in [-0.25, -0.2) is 4.39 Å². The number of methoxy groups -OCH3 is 1. The first-order valence-corrected chi connectivity index (χ1v) is 7.29. The molecule has 0 N–H and O–H groups in total. The lowest BCUT2D eigenvalue weighted by atomic mass is 9.79. The van der Waals surface area contributed by atoms with E-state index in [-0.39, 0.29) is 18.1 Å². The topological polar surface area (TPSA) is 12.5 Å². The van der Waals surface area contributed by atoms with Gasteiger partial charge in [-0.2, -0.15) is 13.2 Å². The summed E-state index contributed by atoms with van der Waals surface area (Å²) >= 11 is 0. The number of hydrogen-bond acceptors (Lipinski definition) is 2. The van der Waals surface area contributed by atoms with E-state index in [0.717, 1.165) is 12.5 Å². The van der Waals surface area contributed by atoms with E-state index < -0.39 is 17.6 Å². The fraction of sp³-hybridized carbons (Fsp3) is 0.625. The summed E-state index contributed by atoms with van der Waals surface area (Å²) in [6.45, 7) is 0. The minimum Gasteiger partial charge on any atom is -0.380 e. The van der Waals surface area contributed by atoms with E-state index in [2.05, 4.69) is 0 Å². The summed E-state index contributed by atoms with van der Waals surface area (Å²) in [6, 6.07) is 2.96. The van der Waals surface area contributed by atoms with Crippen LogP contribution < -0.4 is 0 Å². The molecule has 0 heterocycles. The molecular weight excluding hydrogens is 298 g/mol. The Bertz CT molecular complexity index is 515. The molecule has 0 amide bonds. The van der Waals surface area contributed by atoms with Crippen LogP contribution in [-0.2, 0) is 10.9 Å². The van der Waals surface area contributed by atoms with Crippen LogP contribution in [0.2, 0.25) is 0 Å². The summed E-state index contributed by atoms with van der Waals surface area (Å²) in [4.78, 5) is 2.02. The predicted octanol–water partition coefficient (Wildman–Crippen LogP) is 4.06. The Morgan fingerprint density at radius 1 is 1.14 bits per heavy atom. The highest BCUT2D eigenvalue weighted by atomic mass is 19.4. The summed E-state index contributed by atoms with van der Waals surface area (Å²) in [5.74, 6) is -0.921. The van der Waals surface area contributed by atoms with Gasteiger partial charge in [0.25, 0.3) is 0 Å². The molecule has 1 aromatic carbocycles. The number of benzene rings is 1. The Kier molecular flexibility index (Phi) is 5.12. The lowest BCUT2D eigenvalue weighted by Gasteiger charge is -2.39. The van der Waals surface area contributed by atoms with Gasteiger partial charge in [-0.1, -0.05) is 0 Å². The quantitative estimate of drug-likeness (QED) is 0.779. The van der Waals surface area contributed by atoms with E-state index in [4.69, 9.17) is 4.74 Å². The van der Waals surface area contributed by atoms with E-state index in [0.29, 0.717) is 24.5 Å². The molecule has 0 bridgehead atoms. The van der Waals surface area contributed by atoms with Gasteiger partial charge in [0.2, 0.25) is 0 Å². The zero-order valence-electron chi connectivity index (χ0n) is 13.0. The smallest absolute Gasteiger partial charge is 0.380 e. The van der Waals surface area contributed by atoms with Crippen LogP contribution in [0.5, 0.6) is 0 Å². The molecule has 1 saturated carbocycles. The number of nitrogens with zero attached hydrogens (tertiary/aromatic N) is 1. The molecular formula is C16H21F4NO. The van der Waals surface area contributed by atoms with Crippen LogP contribution in [0, 0.1) is 5.82 Å². The Morgan fingerprint density at radius 2 is 1.82 bits per heavy atom. The normalized spacial score (nSPS) is 26.5. The molecule has 1 aliphatic carbocycles. The number of rotatable bonds is 3. The molecule has 0 radical (unpaired) electrons. The fourth-order valence-electron chi connectivity index (χ4n) is 3.25. The summed E-state index contributed by atoms with van der Waals surface area (Å²) in [5.41, 5.74) is -0.494. The summed E-state index contributed by atoms with van der Waals surface area (Å²) in [5, 5.41) is 0. The van der Waals surface area contributed by atoms with Crippen LogP contribution in [0.1, 0.15) is 36.3 Å². The molecule has 2 rings (SSSR count). The fourth-order valence-corrected chi connectivity index (χ4v) is 3.25. The maximum absolute atomic E-state index is 13.6. The first-order valence-electron chi connectivity index (χ1n) is 7.29. The monoisotopic (exact) mass is 319 g/mol. The van der Waals surface area contributed by atoms with E-state index in [9.17, 15) is 17.6 Å². The molecule has 0 saturated heterocycles. The molecule has 0 aliphatic heterocycles. The van der Waals surface area contributed by atoms with Crippen molar-refractivity contribution >= 4 is 0 Å². The largest absolute Gasteiger partial charge is 0.416 e. The SMILES string of the molecule is CO[C@H]1CC[C@H](c2cc(F)cc(C(F)(F)F)c2)C[C@@H]1N(C)C. The van der Waals surface area contributed by atoms with Crippen LogP contribution in [0.25, 0.3) is 0 Å². The zero-order chi connectivity index (χ0) is 16.5. The maximum atomic E-state index is 13.6. The second kappa shape index (κ2) is 6.54. The van der Waals surface area contributed by atoms with Gasteiger partial charge in [0.05, 0.1) is 11.7 Å². The Labute approximate surface area is 128 Å². The van der Waals surface area contributed by atoms with Crippen molar-refractivity contribution < 1.29 is 22.3 Å². The van der Waals surface area contributed by atoms with Crippen LogP contribution in [0.3, 0.4) is 0 Å². The van der Waals surface area contributed by atoms with Gasteiger partial charge in [-0.05, 0) is 63.0 Å². The van der Waals surface area contributed by atoms with Crippen molar-refractivity contribution in [3.63, 3.8) is 0 Å². The van der Waals surface area contributed by atoms with Crippen LogP contribution >= 0.6 is 0 Å². The van der Waals surface area contributed by atoms with E-state index in [1.165, 1.54) is 6.07 Å². The number of ether oxygens (including phenoxy) is 1. The molecule has 0 unspecified atom stereocenters. The maximum Gasteiger partial charge on any atom is 0.416 e.